The van der Waals surface area contributed by atoms with Gasteiger partial charge in [-0.05, 0) is 53.4 Å². The van der Waals surface area contributed by atoms with Gasteiger partial charge in [0.25, 0.3) is 0 Å². The van der Waals surface area contributed by atoms with Crippen LogP contribution in [0, 0.1) is 6.92 Å². The van der Waals surface area contributed by atoms with E-state index in [1.54, 1.807) is 0 Å². The lowest BCUT2D eigenvalue weighted by atomic mass is 10.1. The van der Waals surface area contributed by atoms with Crippen molar-refractivity contribution in [1.29, 1.82) is 0 Å². The lowest BCUT2D eigenvalue weighted by molar-refractivity contribution is 0.283. The van der Waals surface area contributed by atoms with Crippen LogP contribution in [0.1, 0.15) is 31.2 Å². The van der Waals surface area contributed by atoms with E-state index >= 15 is 0 Å². The van der Waals surface area contributed by atoms with Crippen LogP contribution >= 0.6 is 15.9 Å². The Kier molecular flexibility index (Phi) is 6.37. The summed E-state index contributed by atoms with van der Waals surface area (Å²) in [5.74, 6) is 0. The molecular weight excluding hydrogens is 280 g/mol. The number of benzene rings is 1. The number of unbranched alkanes of at least 4 members (excludes halogenated alkanes) is 3. The number of halogens is 1. The van der Waals surface area contributed by atoms with E-state index in [1.807, 2.05) is 13.0 Å². The van der Waals surface area contributed by atoms with Gasteiger partial charge in [0.05, 0.1) is 0 Å². The third-order valence-corrected chi connectivity index (χ3v) is 3.41. The summed E-state index contributed by atoms with van der Waals surface area (Å²) in [6, 6.07) is 4.00. The number of nitrogen functional groups attached to an aromatic ring is 1. The van der Waals surface area contributed by atoms with Crippen molar-refractivity contribution in [1.82, 2.24) is 0 Å². The lowest BCUT2D eigenvalue weighted by Gasteiger charge is -2.11. The highest BCUT2D eigenvalue weighted by molar-refractivity contribution is 9.10. The predicted octanol–water partition coefficient (Wildman–Crippen LogP) is 3.30. The number of hydrogen-bond donors (Lipinski definition) is 3. The molecule has 96 valence electrons. The summed E-state index contributed by atoms with van der Waals surface area (Å²) in [7, 11) is 0. The van der Waals surface area contributed by atoms with Gasteiger partial charge in [0.2, 0.25) is 0 Å². The molecule has 4 heteroatoms. The number of hydrogen-bond acceptors (Lipinski definition) is 3. The number of nitrogens with two attached hydrogens (primary N) is 1. The zero-order valence-electron chi connectivity index (χ0n) is 10.3. The number of rotatable bonds is 7. The molecule has 0 fully saturated rings. The van der Waals surface area contributed by atoms with Crippen LogP contribution in [0.3, 0.4) is 0 Å². The second kappa shape index (κ2) is 7.56. The Labute approximate surface area is 112 Å². The summed E-state index contributed by atoms with van der Waals surface area (Å²) in [6.07, 6.45) is 4.28. The minimum atomic E-state index is 0.302. The van der Waals surface area contributed by atoms with Crippen molar-refractivity contribution < 1.29 is 5.11 Å². The van der Waals surface area contributed by atoms with Crippen LogP contribution in [0.15, 0.2) is 16.6 Å². The average Bonchev–Trinajstić information content (AvgIpc) is 2.30. The third-order valence-electron chi connectivity index (χ3n) is 2.76. The lowest BCUT2D eigenvalue weighted by Crippen LogP contribution is -2.03. The normalized spacial score (nSPS) is 10.5. The van der Waals surface area contributed by atoms with Crippen LogP contribution in [-0.4, -0.2) is 18.3 Å². The standard InChI is InChI=1S/C13H21BrN2O/c1-10-8-13(11(14)9-12(10)15)16-6-4-2-3-5-7-17/h8-9,16-17H,2-7,15H2,1H3. The molecule has 0 bridgehead atoms. The molecule has 17 heavy (non-hydrogen) atoms. The molecule has 0 saturated carbocycles. The molecule has 0 spiro atoms. The fourth-order valence-corrected chi connectivity index (χ4v) is 2.15. The smallest absolute Gasteiger partial charge is 0.0488 e. The topological polar surface area (TPSA) is 58.3 Å². The average molecular weight is 301 g/mol. The molecule has 1 aromatic rings. The first-order valence-corrected chi connectivity index (χ1v) is 6.85. The van der Waals surface area contributed by atoms with Crippen LogP contribution < -0.4 is 11.1 Å². The van der Waals surface area contributed by atoms with E-state index in [9.17, 15) is 0 Å². The van der Waals surface area contributed by atoms with Gasteiger partial charge in [-0.1, -0.05) is 12.8 Å². The second-order valence-corrected chi connectivity index (χ2v) is 5.11. The molecule has 0 unspecified atom stereocenters. The number of aliphatic hydroxyl groups is 1. The second-order valence-electron chi connectivity index (χ2n) is 4.25. The van der Waals surface area contributed by atoms with Crippen LogP contribution in [0.25, 0.3) is 0 Å². The molecule has 0 aromatic heterocycles. The van der Waals surface area contributed by atoms with Gasteiger partial charge in [0, 0.05) is 29.0 Å². The summed E-state index contributed by atoms with van der Waals surface area (Å²) in [4.78, 5) is 0. The van der Waals surface area contributed by atoms with E-state index in [0.717, 1.165) is 53.6 Å². The Hall–Kier alpha value is -0.740. The quantitative estimate of drug-likeness (QED) is 0.535. The van der Waals surface area contributed by atoms with Gasteiger partial charge in [-0.25, -0.2) is 0 Å². The van der Waals surface area contributed by atoms with Gasteiger partial charge in [-0.15, -0.1) is 0 Å². The van der Waals surface area contributed by atoms with E-state index in [-0.39, 0.29) is 0 Å². The van der Waals surface area contributed by atoms with Crippen LogP contribution in [-0.2, 0) is 0 Å². The molecule has 0 heterocycles. The summed E-state index contributed by atoms with van der Waals surface area (Å²) in [6.45, 7) is 3.26. The van der Waals surface area contributed by atoms with E-state index in [2.05, 4.69) is 27.3 Å². The minimum absolute atomic E-state index is 0.302. The summed E-state index contributed by atoms with van der Waals surface area (Å²) in [5, 5.41) is 12.1. The van der Waals surface area contributed by atoms with E-state index < -0.39 is 0 Å². The summed E-state index contributed by atoms with van der Waals surface area (Å²) >= 11 is 3.50. The number of aryl methyl sites for hydroxylation is 1. The van der Waals surface area contributed by atoms with Gasteiger partial charge in [0.1, 0.15) is 0 Å². The van der Waals surface area contributed by atoms with E-state index in [1.165, 1.54) is 0 Å². The first-order valence-electron chi connectivity index (χ1n) is 6.05. The van der Waals surface area contributed by atoms with Crippen LogP contribution in [0.5, 0.6) is 0 Å². The van der Waals surface area contributed by atoms with Crippen molar-refractivity contribution in [2.45, 2.75) is 32.6 Å². The molecule has 1 rings (SSSR count). The number of aliphatic hydroxyl groups excluding tert-OH is 1. The van der Waals surface area contributed by atoms with Gasteiger partial charge < -0.3 is 16.2 Å². The Morgan fingerprint density at radius 1 is 1.24 bits per heavy atom. The molecule has 0 aliphatic heterocycles. The molecule has 0 aliphatic carbocycles. The Bertz CT molecular complexity index is 356. The highest BCUT2D eigenvalue weighted by atomic mass is 79.9. The van der Waals surface area contributed by atoms with Gasteiger partial charge in [0.15, 0.2) is 0 Å². The fraction of sp³-hybridized carbons (Fsp3) is 0.538. The highest BCUT2D eigenvalue weighted by Gasteiger charge is 2.02. The van der Waals surface area contributed by atoms with E-state index in [4.69, 9.17) is 10.8 Å². The Balaban J connectivity index is 2.34. The van der Waals surface area contributed by atoms with Crippen molar-refractivity contribution in [2.75, 3.05) is 24.2 Å². The molecule has 1 aromatic carbocycles. The molecule has 0 atom stereocenters. The van der Waals surface area contributed by atoms with Crippen LogP contribution in [0.4, 0.5) is 11.4 Å². The SMILES string of the molecule is Cc1cc(NCCCCCCO)c(Br)cc1N. The predicted molar refractivity (Wildman–Crippen MR) is 77.3 cm³/mol. The van der Waals surface area contributed by atoms with Crippen molar-refractivity contribution >= 4 is 27.3 Å². The van der Waals surface area contributed by atoms with E-state index in [0.29, 0.717) is 6.61 Å². The number of anilines is 2. The monoisotopic (exact) mass is 300 g/mol. The first kappa shape index (κ1) is 14.3. The fourth-order valence-electron chi connectivity index (χ4n) is 1.65. The first-order chi connectivity index (χ1) is 8.15. The molecule has 0 aliphatic rings. The molecule has 4 N–H and O–H groups in total. The maximum absolute atomic E-state index is 8.66. The van der Waals surface area contributed by atoms with Gasteiger partial charge in [-0.3, -0.25) is 0 Å². The van der Waals surface area contributed by atoms with Gasteiger partial charge in [-0.2, -0.15) is 0 Å². The van der Waals surface area contributed by atoms with Crippen molar-refractivity contribution in [3.8, 4) is 0 Å². The largest absolute Gasteiger partial charge is 0.398 e. The minimum Gasteiger partial charge on any atom is -0.398 e. The zero-order chi connectivity index (χ0) is 12.7. The van der Waals surface area contributed by atoms with Crippen molar-refractivity contribution in [2.24, 2.45) is 0 Å². The van der Waals surface area contributed by atoms with Crippen molar-refractivity contribution in [3.63, 3.8) is 0 Å². The Morgan fingerprint density at radius 2 is 1.94 bits per heavy atom. The van der Waals surface area contributed by atoms with Gasteiger partial charge >= 0.3 is 0 Å². The molecule has 3 nitrogen and oxygen atoms in total. The maximum atomic E-state index is 8.66. The van der Waals surface area contributed by atoms with Crippen molar-refractivity contribution in [3.05, 3.63) is 22.2 Å². The molecule has 0 amide bonds. The Morgan fingerprint density at radius 3 is 2.65 bits per heavy atom. The summed E-state index contributed by atoms with van der Waals surface area (Å²) < 4.78 is 1.01. The molecule has 0 saturated heterocycles. The maximum Gasteiger partial charge on any atom is 0.0488 e. The molecular formula is C13H21BrN2O. The molecule has 0 radical (unpaired) electrons. The van der Waals surface area contributed by atoms with Crippen LogP contribution in [0.2, 0.25) is 0 Å². The summed E-state index contributed by atoms with van der Waals surface area (Å²) in [5.41, 5.74) is 8.82. The number of nitrogens with one attached hydrogen (secondary N) is 1. The highest BCUT2D eigenvalue weighted by Crippen LogP contribution is 2.27. The zero-order valence-corrected chi connectivity index (χ0v) is 11.9. The third kappa shape index (κ3) is 4.96.